The van der Waals surface area contributed by atoms with Crippen LogP contribution >= 0.6 is 11.8 Å². The molecule has 1 heterocycles. The molecule has 3 atom stereocenters. The summed E-state index contributed by atoms with van der Waals surface area (Å²) >= 11 is 2.06. The van der Waals surface area contributed by atoms with Crippen molar-refractivity contribution in [1.29, 1.82) is 0 Å². The Hall–Kier alpha value is 0.500. The standard InChI is InChI=1S/C8H14OS2/c9-11-6-5-10-7-3-1-2-4-8(7)11/h7-8H,1-6H2/t7-,8-,11?/m1/s1. The molecular weight excluding hydrogens is 176 g/mol. The van der Waals surface area contributed by atoms with Crippen molar-refractivity contribution in [1.82, 2.24) is 0 Å². The molecule has 2 aliphatic rings. The molecule has 2 fully saturated rings. The van der Waals surface area contributed by atoms with Crippen molar-refractivity contribution in [2.45, 2.75) is 36.2 Å². The van der Waals surface area contributed by atoms with Crippen molar-refractivity contribution >= 4 is 22.6 Å². The Labute approximate surface area is 74.8 Å². The van der Waals surface area contributed by atoms with Gasteiger partial charge in [-0.05, 0) is 12.8 Å². The van der Waals surface area contributed by atoms with Gasteiger partial charge in [0.15, 0.2) is 0 Å². The van der Waals surface area contributed by atoms with Gasteiger partial charge in [0.25, 0.3) is 0 Å². The first-order valence-corrected chi connectivity index (χ1v) is 6.80. The van der Waals surface area contributed by atoms with Crippen LogP contribution in [0.5, 0.6) is 0 Å². The van der Waals surface area contributed by atoms with Crippen LogP contribution in [-0.2, 0) is 10.8 Å². The first-order valence-electron chi connectivity index (χ1n) is 4.37. The minimum Gasteiger partial charge on any atom is -0.259 e. The maximum atomic E-state index is 11.5. The van der Waals surface area contributed by atoms with Gasteiger partial charge >= 0.3 is 0 Å². The van der Waals surface area contributed by atoms with Gasteiger partial charge in [0.2, 0.25) is 0 Å². The van der Waals surface area contributed by atoms with Crippen molar-refractivity contribution in [3.05, 3.63) is 0 Å². The van der Waals surface area contributed by atoms with E-state index in [4.69, 9.17) is 0 Å². The highest BCUT2D eigenvalue weighted by Crippen LogP contribution is 2.35. The second-order valence-electron chi connectivity index (χ2n) is 3.32. The number of fused-ring (bicyclic) bond motifs is 1. The quantitative estimate of drug-likeness (QED) is 0.579. The monoisotopic (exact) mass is 190 g/mol. The molecule has 0 aromatic rings. The molecule has 0 amide bonds. The lowest BCUT2D eigenvalue weighted by atomic mass is 10.00. The van der Waals surface area contributed by atoms with E-state index in [2.05, 4.69) is 11.8 Å². The van der Waals surface area contributed by atoms with Crippen LogP contribution in [0, 0.1) is 0 Å². The van der Waals surface area contributed by atoms with Crippen LogP contribution < -0.4 is 0 Å². The van der Waals surface area contributed by atoms with E-state index in [0.29, 0.717) is 5.25 Å². The highest BCUT2D eigenvalue weighted by Gasteiger charge is 2.32. The Morgan fingerprint density at radius 3 is 2.91 bits per heavy atom. The van der Waals surface area contributed by atoms with Crippen molar-refractivity contribution in [2.75, 3.05) is 11.5 Å². The Morgan fingerprint density at radius 2 is 2.09 bits per heavy atom. The van der Waals surface area contributed by atoms with Crippen LogP contribution in [0.3, 0.4) is 0 Å². The average molecular weight is 190 g/mol. The van der Waals surface area contributed by atoms with Gasteiger partial charge in [0, 0.05) is 32.8 Å². The van der Waals surface area contributed by atoms with E-state index in [1.165, 1.54) is 25.7 Å². The van der Waals surface area contributed by atoms with E-state index in [0.717, 1.165) is 16.8 Å². The first kappa shape index (κ1) is 8.11. The Bertz CT molecular complexity index is 167. The van der Waals surface area contributed by atoms with Crippen LogP contribution in [0.1, 0.15) is 25.7 Å². The zero-order valence-electron chi connectivity index (χ0n) is 6.62. The topological polar surface area (TPSA) is 17.1 Å². The largest absolute Gasteiger partial charge is 0.259 e. The Morgan fingerprint density at radius 1 is 1.27 bits per heavy atom. The molecule has 0 N–H and O–H groups in total. The van der Waals surface area contributed by atoms with Gasteiger partial charge in [-0.15, -0.1) is 0 Å². The van der Waals surface area contributed by atoms with Crippen molar-refractivity contribution in [3.8, 4) is 0 Å². The summed E-state index contributed by atoms with van der Waals surface area (Å²) < 4.78 is 11.5. The van der Waals surface area contributed by atoms with Crippen LogP contribution in [0.4, 0.5) is 0 Å². The zero-order valence-corrected chi connectivity index (χ0v) is 8.26. The SMILES string of the molecule is O=S1CCS[C@@H]2CCCC[C@H]21. The lowest BCUT2D eigenvalue weighted by molar-refractivity contribution is 0.513. The van der Waals surface area contributed by atoms with Crippen LogP contribution in [0.15, 0.2) is 0 Å². The number of thioether (sulfide) groups is 1. The van der Waals surface area contributed by atoms with Crippen molar-refractivity contribution in [3.63, 3.8) is 0 Å². The lowest BCUT2D eigenvalue weighted by Crippen LogP contribution is -2.37. The van der Waals surface area contributed by atoms with Gasteiger partial charge in [0.05, 0.1) is 0 Å². The van der Waals surface area contributed by atoms with Gasteiger partial charge < -0.3 is 0 Å². The van der Waals surface area contributed by atoms with Gasteiger partial charge in [-0.1, -0.05) is 12.8 Å². The number of hydrogen-bond donors (Lipinski definition) is 0. The smallest absolute Gasteiger partial charge is 0.0467 e. The zero-order chi connectivity index (χ0) is 7.68. The van der Waals surface area contributed by atoms with E-state index in [9.17, 15) is 4.21 Å². The summed E-state index contributed by atoms with van der Waals surface area (Å²) in [6, 6.07) is 0. The number of hydrogen-bond acceptors (Lipinski definition) is 2. The average Bonchev–Trinajstić information content (AvgIpc) is 2.06. The maximum absolute atomic E-state index is 11.5. The highest BCUT2D eigenvalue weighted by atomic mass is 32.2. The summed E-state index contributed by atoms with van der Waals surface area (Å²) in [7, 11) is -0.478. The molecule has 0 spiro atoms. The van der Waals surface area contributed by atoms with Gasteiger partial charge in [0.1, 0.15) is 0 Å². The van der Waals surface area contributed by atoms with Crippen molar-refractivity contribution in [2.24, 2.45) is 0 Å². The van der Waals surface area contributed by atoms with Gasteiger partial charge in [-0.3, -0.25) is 4.21 Å². The third kappa shape index (κ3) is 1.64. The molecule has 2 rings (SSSR count). The molecule has 1 saturated heterocycles. The lowest BCUT2D eigenvalue weighted by Gasteiger charge is -2.33. The molecule has 1 unspecified atom stereocenters. The Balaban J connectivity index is 2.05. The maximum Gasteiger partial charge on any atom is 0.0467 e. The van der Waals surface area contributed by atoms with Gasteiger partial charge in [-0.25, -0.2) is 0 Å². The second kappa shape index (κ2) is 3.48. The summed E-state index contributed by atoms with van der Waals surface area (Å²) in [5, 5.41) is 1.31. The molecule has 11 heavy (non-hydrogen) atoms. The van der Waals surface area contributed by atoms with E-state index in [-0.39, 0.29) is 0 Å². The minimum absolute atomic E-state index is 0.478. The fraction of sp³-hybridized carbons (Fsp3) is 1.00. The molecule has 3 heteroatoms. The minimum atomic E-state index is -0.478. The van der Waals surface area contributed by atoms with Crippen LogP contribution in [0.2, 0.25) is 0 Å². The summed E-state index contributed by atoms with van der Waals surface area (Å²) in [4.78, 5) is 0. The van der Waals surface area contributed by atoms with Crippen LogP contribution in [0.25, 0.3) is 0 Å². The molecule has 64 valence electrons. The Kier molecular flexibility index (Phi) is 2.57. The van der Waals surface area contributed by atoms with E-state index in [1.807, 2.05) is 0 Å². The predicted molar refractivity (Wildman–Crippen MR) is 51.5 cm³/mol. The summed E-state index contributed by atoms with van der Waals surface area (Å²) in [6.45, 7) is 0. The highest BCUT2D eigenvalue weighted by molar-refractivity contribution is 8.03. The fourth-order valence-corrected chi connectivity index (χ4v) is 5.83. The molecule has 1 aliphatic carbocycles. The second-order valence-corrected chi connectivity index (χ2v) is 6.44. The molecule has 0 aromatic heterocycles. The summed E-state index contributed by atoms with van der Waals surface area (Å²) in [6.07, 6.45) is 5.23. The first-order chi connectivity index (χ1) is 5.38. The molecular formula is C8H14OS2. The third-order valence-corrected chi connectivity index (χ3v) is 6.31. The molecule has 1 saturated carbocycles. The van der Waals surface area contributed by atoms with E-state index < -0.39 is 10.8 Å². The van der Waals surface area contributed by atoms with Crippen molar-refractivity contribution < 1.29 is 4.21 Å². The number of rotatable bonds is 0. The summed E-state index contributed by atoms with van der Waals surface area (Å²) in [5.41, 5.74) is 0. The van der Waals surface area contributed by atoms with Crippen LogP contribution in [-0.4, -0.2) is 26.2 Å². The molecule has 0 aromatic carbocycles. The van der Waals surface area contributed by atoms with E-state index in [1.54, 1.807) is 0 Å². The molecule has 1 nitrogen and oxygen atoms in total. The molecule has 0 bridgehead atoms. The molecule has 1 aliphatic heterocycles. The third-order valence-electron chi connectivity index (χ3n) is 2.60. The summed E-state index contributed by atoms with van der Waals surface area (Å²) in [5.74, 6) is 2.08. The van der Waals surface area contributed by atoms with Gasteiger partial charge in [-0.2, -0.15) is 11.8 Å². The predicted octanol–water partition coefficient (Wildman–Crippen LogP) is 1.79. The fourth-order valence-electron chi connectivity index (χ4n) is 1.99. The van der Waals surface area contributed by atoms with E-state index >= 15 is 0 Å². The normalized spacial score (nSPS) is 44.9. The molecule has 0 radical (unpaired) electrons.